The number of nitrogens with zero attached hydrogens (tertiary/aromatic N) is 2. The van der Waals surface area contributed by atoms with Crippen molar-refractivity contribution in [2.24, 2.45) is 0 Å². The number of benzene rings is 2. The first kappa shape index (κ1) is 12.3. The molecular formula is C15H12FN3O. The van der Waals surface area contributed by atoms with E-state index in [1.807, 2.05) is 0 Å². The van der Waals surface area contributed by atoms with E-state index in [1.54, 1.807) is 43.3 Å². The summed E-state index contributed by atoms with van der Waals surface area (Å²) in [5, 5.41) is 0.683. The number of anilines is 1. The van der Waals surface area contributed by atoms with Gasteiger partial charge in [0, 0.05) is 5.69 Å². The molecule has 2 N–H and O–H groups in total. The number of halogens is 1. The van der Waals surface area contributed by atoms with Crippen molar-refractivity contribution in [1.82, 2.24) is 9.97 Å². The van der Waals surface area contributed by atoms with Gasteiger partial charge >= 0.3 is 0 Å². The molecule has 0 aliphatic heterocycles. The Kier molecular flexibility index (Phi) is 2.95. The van der Waals surface area contributed by atoms with E-state index in [9.17, 15) is 4.39 Å². The van der Waals surface area contributed by atoms with Crippen LogP contribution in [0.1, 0.15) is 5.56 Å². The van der Waals surface area contributed by atoms with Gasteiger partial charge in [0.25, 0.3) is 0 Å². The summed E-state index contributed by atoms with van der Waals surface area (Å²) in [4.78, 5) is 8.18. The molecule has 0 aliphatic rings. The van der Waals surface area contributed by atoms with Gasteiger partial charge in [-0.3, -0.25) is 0 Å². The lowest BCUT2D eigenvalue weighted by Gasteiger charge is -2.09. The lowest BCUT2D eigenvalue weighted by molar-refractivity contribution is 0.429. The maximum atomic E-state index is 14.0. The van der Waals surface area contributed by atoms with Crippen LogP contribution < -0.4 is 10.5 Å². The van der Waals surface area contributed by atoms with Gasteiger partial charge in [-0.1, -0.05) is 12.1 Å². The van der Waals surface area contributed by atoms with Crippen molar-refractivity contribution in [3.63, 3.8) is 0 Å². The summed E-state index contributed by atoms with van der Waals surface area (Å²) in [6.45, 7) is 1.68. The van der Waals surface area contributed by atoms with Crippen molar-refractivity contribution < 1.29 is 9.13 Å². The van der Waals surface area contributed by atoms with Crippen LogP contribution in [-0.4, -0.2) is 9.97 Å². The van der Waals surface area contributed by atoms with Crippen LogP contribution >= 0.6 is 0 Å². The average Bonchev–Trinajstić information content (AvgIpc) is 2.44. The van der Waals surface area contributed by atoms with Crippen molar-refractivity contribution in [1.29, 1.82) is 0 Å². The van der Waals surface area contributed by atoms with Gasteiger partial charge in [-0.2, -0.15) is 0 Å². The molecule has 0 aliphatic carbocycles. The molecule has 1 aromatic heterocycles. The third-order valence-electron chi connectivity index (χ3n) is 2.99. The molecule has 100 valence electrons. The number of nitrogens with two attached hydrogens (primary N) is 1. The predicted molar refractivity (Wildman–Crippen MR) is 75.2 cm³/mol. The number of aromatic nitrogens is 2. The highest BCUT2D eigenvalue weighted by Gasteiger charge is 2.11. The molecule has 0 amide bonds. The molecule has 4 nitrogen and oxygen atoms in total. The quantitative estimate of drug-likeness (QED) is 0.724. The molecule has 0 saturated heterocycles. The van der Waals surface area contributed by atoms with Crippen molar-refractivity contribution in [2.75, 3.05) is 5.73 Å². The Bertz CT molecular complexity index is 789. The van der Waals surface area contributed by atoms with Crippen LogP contribution in [0.4, 0.5) is 10.1 Å². The molecule has 2 aromatic carbocycles. The van der Waals surface area contributed by atoms with Gasteiger partial charge in [0.15, 0.2) is 11.6 Å². The summed E-state index contributed by atoms with van der Waals surface area (Å²) in [5.74, 6) is 0.0519. The van der Waals surface area contributed by atoms with E-state index in [-0.39, 0.29) is 5.75 Å². The second-order valence-corrected chi connectivity index (χ2v) is 4.44. The number of rotatable bonds is 2. The maximum Gasteiger partial charge on any atom is 0.230 e. The molecule has 0 spiro atoms. The van der Waals surface area contributed by atoms with Gasteiger partial charge in [0.05, 0.1) is 10.9 Å². The van der Waals surface area contributed by atoms with E-state index in [2.05, 4.69) is 9.97 Å². The molecule has 5 heteroatoms. The maximum absolute atomic E-state index is 14.0. The molecule has 0 fully saturated rings. The van der Waals surface area contributed by atoms with Crippen LogP contribution in [0.2, 0.25) is 0 Å². The van der Waals surface area contributed by atoms with Crippen molar-refractivity contribution in [3.05, 3.63) is 54.1 Å². The van der Waals surface area contributed by atoms with Gasteiger partial charge in [-0.25, -0.2) is 14.4 Å². The van der Waals surface area contributed by atoms with Crippen LogP contribution in [0, 0.1) is 12.7 Å². The number of hydrogen-bond donors (Lipinski definition) is 1. The Morgan fingerprint density at radius 3 is 2.85 bits per heavy atom. The van der Waals surface area contributed by atoms with E-state index in [1.165, 1.54) is 6.33 Å². The zero-order valence-electron chi connectivity index (χ0n) is 10.8. The van der Waals surface area contributed by atoms with E-state index in [0.29, 0.717) is 28.0 Å². The Balaban J connectivity index is 2.09. The van der Waals surface area contributed by atoms with Crippen molar-refractivity contribution in [2.45, 2.75) is 6.92 Å². The minimum atomic E-state index is -0.394. The van der Waals surface area contributed by atoms with Crippen LogP contribution in [0.5, 0.6) is 11.6 Å². The molecule has 3 aromatic rings. The lowest BCUT2D eigenvalue weighted by atomic mass is 10.2. The van der Waals surface area contributed by atoms with E-state index >= 15 is 0 Å². The fraction of sp³-hybridized carbons (Fsp3) is 0.0667. The Labute approximate surface area is 115 Å². The highest BCUT2D eigenvalue weighted by Crippen LogP contribution is 2.29. The van der Waals surface area contributed by atoms with Crippen LogP contribution in [0.3, 0.4) is 0 Å². The summed E-state index contributed by atoms with van der Waals surface area (Å²) in [6.07, 6.45) is 1.37. The van der Waals surface area contributed by atoms with E-state index in [4.69, 9.17) is 10.5 Å². The molecule has 1 heterocycles. The van der Waals surface area contributed by atoms with Gasteiger partial charge in [-0.15, -0.1) is 0 Å². The number of nitrogen functional groups attached to an aromatic ring is 1. The number of aryl methyl sites for hydroxylation is 1. The Morgan fingerprint density at radius 1 is 1.15 bits per heavy atom. The van der Waals surface area contributed by atoms with Gasteiger partial charge in [0.2, 0.25) is 5.88 Å². The summed E-state index contributed by atoms with van der Waals surface area (Å²) < 4.78 is 19.5. The largest absolute Gasteiger partial charge is 0.435 e. The van der Waals surface area contributed by atoms with Crippen LogP contribution in [0.25, 0.3) is 10.9 Å². The van der Waals surface area contributed by atoms with E-state index in [0.717, 1.165) is 0 Å². The monoisotopic (exact) mass is 269 g/mol. The summed E-state index contributed by atoms with van der Waals surface area (Å²) >= 11 is 0. The first-order valence-electron chi connectivity index (χ1n) is 6.08. The van der Waals surface area contributed by atoms with Gasteiger partial charge < -0.3 is 10.5 Å². The standard InChI is InChI=1S/C15H12FN3O/c1-9-3-2-4-13(14(9)16)20-15-11-6-5-10(17)7-12(11)18-8-19-15/h2-8H,17H2,1H3. The number of fused-ring (bicyclic) bond motifs is 1. The molecule has 20 heavy (non-hydrogen) atoms. The first-order chi connectivity index (χ1) is 9.65. The lowest BCUT2D eigenvalue weighted by Crippen LogP contribution is -1.95. The first-order valence-corrected chi connectivity index (χ1v) is 6.08. The minimum absolute atomic E-state index is 0.141. The topological polar surface area (TPSA) is 61.0 Å². The highest BCUT2D eigenvalue weighted by atomic mass is 19.1. The molecule has 0 bridgehead atoms. The zero-order valence-corrected chi connectivity index (χ0v) is 10.8. The zero-order chi connectivity index (χ0) is 14.1. The summed E-state index contributed by atoms with van der Waals surface area (Å²) in [5.41, 5.74) is 7.48. The third-order valence-corrected chi connectivity index (χ3v) is 2.99. The smallest absolute Gasteiger partial charge is 0.230 e. The molecule has 0 radical (unpaired) electrons. The summed E-state index contributed by atoms with van der Waals surface area (Å²) in [6, 6.07) is 10.2. The normalized spacial score (nSPS) is 10.7. The Morgan fingerprint density at radius 2 is 2.00 bits per heavy atom. The number of hydrogen-bond acceptors (Lipinski definition) is 4. The van der Waals surface area contributed by atoms with Crippen LogP contribution in [-0.2, 0) is 0 Å². The summed E-state index contributed by atoms with van der Waals surface area (Å²) in [7, 11) is 0. The fourth-order valence-corrected chi connectivity index (χ4v) is 1.93. The third kappa shape index (κ3) is 2.14. The predicted octanol–water partition coefficient (Wildman–Crippen LogP) is 3.45. The average molecular weight is 269 g/mol. The SMILES string of the molecule is Cc1cccc(Oc2ncnc3cc(N)ccc23)c1F. The Hall–Kier alpha value is -2.69. The minimum Gasteiger partial charge on any atom is -0.435 e. The second kappa shape index (κ2) is 4.77. The van der Waals surface area contributed by atoms with E-state index < -0.39 is 5.82 Å². The number of ether oxygens (including phenoxy) is 1. The molecule has 0 saturated carbocycles. The van der Waals surface area contributed by atoms with Gasteiger partial charge in [0.1, 0.15) is 6.33 Å². The molecule has 0 atom stereocenters. The molecule has 0 unspecified atom stereocenters. The molecule has 3 rings (SSSR count). The van der Waals surface area contributed by atoms with Crippen molar-refractivity contribution >= 4 is 16.6 Å². The van der Waals surface area contributed by atoms with Gasteiger partial charge in [-0.05, 0) is 36.8 Å². The molecular weight excluding hydrogens is 257 g/mol. The highest BCUT2D eigenvalue weighted by molar-refractivity contribution is 5.85. The van der Waals surface area contributed by atoms with Crippen molar-refractivity contribution in [3.8, 4) is 11.6 Å². The second-order valence-electron chi connectivity index (χ2n) is 4.44. The van der Waals surface area contributed by atoms with Crippen LogP contribution in [0.15, 0.2) is 42.7 Å². The fourth-order valence-electron chi connectivity index (χ4n) is 1.93.